The fourth-order valence-corrected chi connectivity index (χ4v) is 3.36. The second-order valence-electron chi connectivity index (χ2n) is 7.03. The molecule has 7 heteroatoms. The van der Waals surface area contributed by atoms with E-state index in [4.69, 9.17) is 25.8 Å². The lowest BCUT2D eigenvalue weighted by Crippen LogP contribution is -2.38. The molecule has 1 aliphatic heterocycles. The first-order valence-electron chi connectivity index (χ1n) is 9.72. The van der Waals surface area contributed by atoms with Crippen LogP contribution in [-0.2, 0) is 16.0 Å². The Bertz CT molecular complexity index is 844. The molecule has 3 unspecified atom stereocenters. The van der Waals surface area contributed by atoms with E-state index in [1.807, 2.05) is 30.3 Å². The summed E-state index contributed by atoms with van der Waals surface area (Å²) in [4.78, 5) is 11.8. The highest BCUT2D eigenvalue weighted by molar-refractivity contribution is 6.30. The Morgan fingerprint density at radius 3 is 2.90 bits per heavy atom. The van der Waals surface area contributed by atoms with Gasteiger partial charge in [0.1, 0.15) is 6.61 Å². The van der Waals surface area contributed by atoms with Crippen LogP contribution in [0.1, 0.15) is 31.1 Å². The van der Waals surface area contributed by atoms with Crippen LogP contribution >= 0.6 is 11.6 Å². The number of aliphatic hydroxyl groups excluding tert-OH is 1. The third-order valence-corrected chi connectivity index (χ3v) is 4.89. The van der Waals surface area contributed by atoms with Crippen molar-refractivity contribution in [1.29, 1.82) is 0 Å². The largest absolute Gasteiger partial charge is 0.485 e. The van der Waals surface area contributed by atoms with Crippen molar-refractivity contribution in [2.24, 2.45) is 0 Å². The van der Waals surface area contributed by atoms with Crippen molar-refractivity contribution in [3.63, 3.8) is 0 Å². The van der Waals surface area contributed by atoms with Crippen molar-refractivity contribution in [3.8, 4) is 11.5 Å². The van der Waals surface area contributed by atoms with E-state index in [1.54, 1.807) is 19.1 Å². The van der Waals surface area contributed by atoms with E-state index in [-0.39, 0.29) is 12.6 Å². The molecule has 0 aliphatic carbocycles. The van der Waals surface area contributed by atoms with E-state index in [1.165, 1.54) is 0 Å². The summed E-state index contributed by atoms with van der Waals surface area (Å²) in [5.41, 5.74) is 1.85. The van der Waals surface area contributed by atoms with Crippen molar-refractivity contribution in [2.75, 3.05) is 19.8 Å². The number of aliphatic hydroxyl groups is 1. The minimum absolute atomic E-state index is 0.134. The lowest BCUT2D eigenvalue weighted by atomic mass is 10.0. The Hall–Kier alpha value is -2.28. The SMILES string of the molecule is CCOC(=O)C1COc2cc(CC(C)NCC(O)c3cccc(Cl)c3)ccc2O1. The van der Waals surface area contributed by atoms with Gasteiger partial charge in [0.15, 0.2) is 11.5 Å². The average Bonchev–Trinajstić information content (AvgIpc) is 2.71. The lowest BCUT2D eigenvalue weighted by molar-refractivity contribution is -0.153. The normalized spacial score (nSPS) is 17.4. The number of ether oxygens (including phenoxy) is 3. The van der Waals surface area contributed by atoms with Gasteiger partial charge in [0, 0.05) is 17.6 Å². The van der Waals surface area contributed by atoms with Gasteiger partial charge in [-0.2, -0.15) is 0 Å². The zero-order valence-electron chi connectivity index (χ0n) is 16.6. The van der Waals surface area contributed by atoms with Gasteiger partial charge in [-0.05, 0) is 55.7 Å². The highest BCUT2D eigenvalue weighted by atomic mass is 35.5. The molecule has 0 amide bonds. The summed E-state index contributed by atoms with van der Waals surface area (Å²) >= 11 is 5.98. The Kier molecular flexibility index (Phi) is 7.36. The van der Waals surface area contributed by atoms with E-state index in [0.717, 1.165) is 17.5 Å². The number of fused-ring (bicyclic) bond motifs is 1. The van der Waals surface area contributed by atoms with Crippen molar-refractivity contribution in [2.45, 2.75) is 38.5 Å². The fraction of sp³-hybridized carbons (Fsp3) is 0.409. The second-order valence-corrected chi connectivity index (χ2v) is 7.47. The number of benzene rings is 2. The highest BCUT2D eigenvalue weighted by Crippen LogP contribution is 2.33. The molecule has 0 saturated carbocycles. The van der Waals surface area contributed by atoms with Gasteiger partial charge in [-0.15, -0.1) is 0 Å². The Morgan fingerprint density at radius 1 is 1.31 bits per heavy atom. The molecule has 1 heterocycles. The smallest absolute Gasteiger partial charge is 0.350 e. The van der Waals surface area contributed by atoms with Crippen molar-refractivity contribution < 1.29 is 24.1 Å². The third-order valence-electron chi connectivity index (χ3n) is 4.65. The number of carbonyl (C=O) groups is 1. The first kappa shape index (κ1) is 21.4. The Balaban J connectivity index is 1.52. The van der Waals surface area contributed by atoms with Crippen LogP contribution < -0.4 is 14.8 Å². The Morgan fingerprint density at radius 2 is 2.14 bits per heavy atom. The average molecular weight is 420 g/mol. The first-order chi connectivity index (χ1) is 14.0. The monoisotopic (exact) mass is 419 g/mol. The highest BCUT2D eigenvalue weighted by Gasteiger charge is 2.28. The van der Waals surface area contributed by atoms with Gasteiger partial charge in [-0.25, -0.2) is 4.79 Å². The van der Waals surface area contributed by atoms with Crippen LogP contribution in [0.3, 0.4) is 0 Å². The molecule has 29 heavy (non-hydrogen) atoms. The second kappa shape index (κ2) is 9.96. The molecule has 0 spiro atoms. The fourth-order valence-electron chi connectivity index (χ4n) is 3.16. The van der Waals surface area contributed by atoms with E-state index in [9.17, 15) is 9.90 Å². The molecule has 2 aromatic carbocycles. The van der Waals surface area contributed by atoms with Crippen LogP contribution in [0, 0.1) is 0 Å². The molecule has 2 aromatic rings. The maximum Gasteiger partial charge on any atom is 0.350 e. The van der Waals surface area contributed by atoms with E-state index in [2.05, 4.69) is 12.2 Å². The van der Waals surface area contributed by atoms with Crippen molar-refractivity contribution >= 4 is 17.6 Å². The molecule has 3 rings (SSSR count). The number of hydrogen-bond donors (Lipinski definition) is 2. The number of esters is 1. The number of nitrogens with one attached hydrogen (secondary N) is 1. The van der Waals surface area contributed by atoms with Gasteiger partial charge in [0.2, 0.25) is 6.10 Å². The van der Waals surface area contributed by atoms with Crippen molar-refractivity contribution in [1.82, 2.24) is 5.32 Å². The maximum atomic E-state index is 11.8. The van der Waals surface area contributed by atoms with Crippen LogP contribution in [0.15, 0.2) is 42.5 Å². The zero-order valence-corrected chi connectivity index (χ0v) is 17.3. The lowest BCUT2D eigenvalue weighted by Gasteiger charge is -2.25. The van der Waals surface area contributed by atoms with Crippen LogP contribution in [-0.4, -0.2) is 43.0 Å². The van der Waals surface area contributed by atoms with Gasteiger partial charge in [-0.1, -0.05) is 29.8 Å². The number of hydrogen-bond acceptors (Lipinski definition) is 6. The van der Waals surface area contributed by atoms with E-state index >= 15 is 0 Å². The molecule has 3 atom stereocenters. The van der Waals surface area contributed by atoms with Gasteiger partial charge in [-0.3, -0.25) is 0 Å². The summed E-state index contributed by atoms with van der Waals surface area (Å²) in [7, 11) is 0. The summed E-state index contributed by atoms with van der Waals surface area (Å²) in [6.45, 7) is 4.67. The summed E-state index contributed by atoms with van der Waals surface area (Å²) in [6, 6.07) is 13.0. The number of halogens is 1. The summed E-state index contributed by atoms with van der Waals surface area (Å²) in [6.07, 6.45) is -0.613. The molecular weight excluding hydrogens is 394 g/mol. The molecule has 1 aliphatic rings. The molecule has 0 fully saturated rings. The van der Waals surface area contributed by atoms with Gasteiger partial charge < -0.3 is 24.6 Å². The number of carbonyl (C=O) groups excluding carboxylic acids is 1. The molecule has 0 saturated heterocycles. The summed E-state index contributed by atoms with van der Waals surface area (Å²) in [5.74, 6) is 0.738. The molecule has 6 nitrogen and oxygen atoms in total. The standard InChI is InChI=1S/C22H26ClNO5/c1-3-27-22(26)21-13-28-20-10-15(7-8-19(20)29-21)9-14(2)24-12-18(25)16-5-4-6-17(23)11-16/h4-8,10-11,14,18,21,24-25H,3,9,12-13H2,1-2H3. The predicted molar refractivity (Wildman–Crippen MR) is 111 cm³/mol. The summed E-state index contributed by atoms with van der Waals surface area (Å²) < 4.78 is 16.4. The molecule has 0 bridgehead atoms. The Labute approximate surface area is 175 Å². The first-order valence-corrected chi connectivity index (χ1v) is 10.1. The van der Waals surface area contributed by atoms with Crippen LogP contribution in [0.2, 0.25) is 5.02 Å². The van der Waals surface area contributed by atoms with Crippen LogP contribution in [0.5, 0.6) is 11.5 Å². The minimum Gasteiger partial charge on any atom is -0.485 e. The predicted octanol–water partition coefficient (Wildman–Crippen LogP) is 3.30. The molecule has 0 aromatic heterocycles. The van der Waals surface area contributed by atoms with Gasteiger partial charge >= 0.3 is 5.97 Å². The van der Waals surface area contributed by atoms with Crippen LogP contribution in [0.4, 0.5) is 0 Å². The molecule has 156 valence electrons. The van der Waals surface area contributed by atoms with E-state index < -0.39 is 18.2 Å². The quantitative estimate of drug-likeness (QED) is 0.639. The number of rotatable bonds is 8. The zero-order chi connectivity index (χ0) is 20.8. The topological polar surface area (TPSA) is 77.0 Å². The van der Waals surface area contributed by atoms with Crippen molar-refractivity contribution in [3.05, 3.63) is 58.6 Å². The molecular formula is C22H26ClNO5. The minimum atomic E-state index is -0.734. The van der Waals surface area contributed by atoms with Gasteiger partial charge in [0.25, 0.3) is 0 Å². The van der Waals surface area contributed by atoms with E-state index in [0.29, 0.717) is 29.7 Å². The summed E-state index contributed by atoms with van der Waals surface area (Å²) in [5, 5.41) is 14.3. The molecule has 2 N–H and O–H groups in total. The maximum absolute atomic E-state index is 11.8. The molecule has 0 radical (unpaired) electrons. The van der Waals surface area contributed by atoms with Crippen LogP contribution in [0.25, 0.3) is 0 Å². The van der Waals surface area contributed by atoms with Gasteiger partial charge in [0.05, 0.1) is 12.7 Å². The third kappa shape index (κ3) is 5.85.